The predicted octanol–water partition coefficient (Wildman–Crippen LogP) is 2.01. The van der Waals surface area contributed by atoms with E-state index in [4.69, 9.17) is 4.74 Å². The van der Waals surface area contributed by atoms with Gasteiger partial charge in [-0.15, -0.1) is 0 Å². The van der Waals surface area contributed by atoms with Gasteiger partial charge in [0.1, 0.15) is 6.04 Å². The number of para-hydroxylation sites is 1. The van der Waals surface area contributed by atoms with E-state index < -0.39 is 18.1 Å². The standard InChI is InChI=1S/C15H16N2O4/c18-14(19)13(17-6-3-7-21-15(17)20)8-10-9-16-12-5-2-1-4-11(10)12/h1-2,4-5,9,13,16H,3,6-8H2,(H,18,19). The van der Waals surface area contributed by atoms with E-state index in [1.165, 1.54) is 4.90 Å². The number of H-pyrrole nitrogens is 1. The summed E-state index contributed by atoms with van der Waals surface area (Å²) in [6, 6.07) is 6.79. The van der Waals surface area contributed by atoms with E-state index in [-0.39, 0.29) is 6.42 Å². The van der Waals surface area contributed by atoms with Gasteiger partial charge in [-0.1, -0.05) is 18.2 Å². The highest BCUT2D eigenvalue weighted by molar-refractivity contribution is 5.85. The molecule has 1 atom stereocenters. The van der Waals surface area contributed by atoms with Crippen molar-refractivity contribution < 1.29 is 19.4 Å². The van der Waals surface area contributed by atoms with E-state index >= 15 is 0 Å². The first-order chi connectivity index (χ1) is 10.2. The molecule has 1 aromatic heterocycles. The van der Waals surface area contributed by atoms with Crippen LogP contribution in [0.2, 0.25) is 0 Å². The molecule has 0 saturated carbocycles. The lowest BCUT2D eigenvalue weighted by molar-refractivity contribution is -0.143. The van der Waals surface area contributed by atoms with Crippen LogP contribution >= 0.6 is 0 Å². The largest absolute Gasteiger partial charge is 0.480 e. The third-order valence-electron chi connectivity index (χ3n) is 3.75. The SMILES string of the molecule is O=C(O)C(Cc1c[nH]c2ccccc12)N1CCCOC1=O. The van der Waals surface area contributed by atoms with Crippen molar-refractivity contribution in [1.29, 1.82) is 0 Å². The van der Waals surface area contributed by atoms with Crippen molar-refractivity contribution in [2.45, 2.75) is 18.9 Å². The molecule has 2 heterocycles. The van der Waals surface area contributed by atoms with Crippen molar-refractivity contribution >= 4 is 23.0 Å². The summed E-state index contributed by atoms with van der Waals surface area (Å²) >= 11 is 0. The van der Waals surface area contributed by atoms with Crippen molar-refractivity contribution in [3.05, 3.63) is 36.0 Å². The molecule has 6 heteroatoms. The van der Waals surface area contributed by atoms with Crippen LogP contribution in [0.25, 0.3) is 10.9 Å². The van der Waals surface area contributed by atoms with Gasteiger partial charge in [-0.25, -0.2) is 9.59 Å². The van der Waals surface area contributed by atoms with Crippen LogP contribution in [0.4, 0.5) is 4.79 Å². The molecule has 110 valence electrons. The number of aromatic amines is 1. The Hall–Kier alpha value is -2.50. The number of hydrogen-bond donors (Lipinski definition) is 2. The lowest BCUT2D eigenvalue weighted by atomic mass is 10.0. The van der Waals surface area contributed by atoms with Gasteiger partial charge >= 0.3 is 12.1 Å². The third kappa shape index (κ3) is 2.56. The molecule has 3 rings (SSSR count). The fourth-order valence-corrected chi connectivity index (χ4v) is 2.69. The number of cyclic esters (lactones) is 1. The number of nitrogens with zero attached hydrogens (tertiary/aromatic N) is 1. The zero-order valence-electron chi connectivity index (χ0n) is 11.4. The minimum atomic E-state index is -1.01. The number of aliphatic carboxylic acids is 1. The molecule has 21 heavy (non-hydrogen) atoms. The van der Waals surface area contributed by atoms with Crippen LogP contribution in [0.3, 0.4) is 0 Å². The average molecular weight is 288 g/mol. The molecule has 1 fully saturated rings. The lowest BCUT2D eigenvalue weighted by Crippen LogP contribution is -2.49. The molecule has 0 aliphatic carbocycles. The predicted molar refractivity (Wildman–Crippen MR) is 76.1 cm³/mol. The Balaban J connectivity index is 1.88. The first-order valence-corrected chi connectivity index (χ1v) is 6.88. The number of fused-ring (bicyclic) bond motifs is 1. The normalized spacial score (nSPS) is 16.8. The molecular formula is C15H16N2O4. The molecular weight excluding hydrogens is 272 g/mol. The zero-order valence-corrected chi connectivity index (χ0v) is 11.4. The highest BCUT2D eigenvalue weighted by Gasteiger charge is 2.33. The topological polar surface area (TPSA) is 82.6 Å². The number of amides is 1. The number of nitrogens with one attached hydrogen (secondary N) is 1. The van der Waals surface area contributed by atoms with E-state index in [1.54, 1.807) is 6.20 Å². The van der Waals surface area contributed by atoms with Gasteiger partial charge in [0.05, 0.1) is 6.61 Å². The zero-order chi connectivity index (χ0) is 14.8. The molecule has 1 unspecified atom stereocenters. The van der Waals surface area contributed by atoms with Crippen LogP contribution in [0, 0.1) is 0 Å². The summed E-state index contributed by atoms with van der Waals surface area (Å²) in [5, 5.41) is 10.4. The monoisotopic (exact) mass is 288 g/mol. The number of rotatable bonds is 4. The summed E-state index contributed by atoms with van der Waals surface area (Å²) in [5.41, 5.74) is 1.84. The second kappa shape index (κ2) is 5.47. The van der Waals surface area contributed by atoms with E-state index in [9.17, 15) is 14.7 Å². The van der Waals surface area contributed by atoms with Crippen molar-refractivity contribution in [3.8, 4) is 0 Å². The highest BCUT2D eigenvalue weighted by Crippen LogP contribution is 2.22. The summed E-state index contributed by atoms with van der Waals surface area (Å²) < 4.78 is 4.94. The maximum Gasteiger partial charge on any atom is 0.410 e. The van der Waals surface area contributed by atoms with Gasteiger partial charge in [-0.2, -0.15) is 0 Å². The smallest absolute Gasteiger partial charge is 0.410 e. The lowest BCUT2D eigenvalue weighted by Gasteiger charge is -2.31. The number of carboxylic acids is 1. The van der Waals surface area contributed by atoms with Crippen LogP contribution in [0.1, 0.15) is 12.0 Å². The molecule has 1 aliphatic heterocycles. The van der Waals surface area contributed by atoms with Crippen molar-refractivity contribution in [1.82, 2.24) is 9.88 Å². The van der Waals surface area contributed by atoms with Crippen LogP contribution in [-0.4, -0.2) is 46.2 Å². The summed E-state index contributed by atoms with van der Waals surface area (Å²) in [6.07, 6.45) is 2.17. The number of hydrogen-bond acceptors (Lipinski definition) is 3. The molecule has 0 spiro atoms. The molecule has 0 radical (unpaired) electrons. The summed E-state index contributed by atoms with van der Waals surface area (Å²) in [7, 11) is 0. The number of carbonyl (C=O) groups is 2. The Morgan fingerprint density at radius 3 is 3.00 bits per heavy atom. The van der Waals surface area contributed by atoms with Crippen molar-refractivity contribution in [2.24, 2.45) is 0 Å². The maximum atomic E-state index is 11.8. The first kappa shape index (κ1) is 13.5. The Kier molecular flexibility index (Phi) is 3.51. The van der Waals surface area contributed by atoms with Crippen molar-refractivity contribution in [3.63, 3.8) is 0 Å². The fourth-order valence-electron chi connectivity index (χ4n) is 2.69. The van der Waals surface area contributed by atoms with Gasteiger partial charge < -0.3 is 14.8 Å². The first-order valence-electron chi connectivity index (χ1n) is 6.88. The van der Waals surface area contributed by atoms with Crippen LogP contribution in [0.15, 0.2) is 30.5 Å². The molecule has 2 N–H and O–H groups in total. The molecule has 0 bridgehead atoms. The second-order valence-electron chi connectivity index (χ2n) is 5.08. The Morgan fingerprint density at radius 1 is 1.43 bits per heavy atom. The summed E-state index contributed by atoms with van der Waals surface area (Å²) in [4.78, 5) is 27.7. The minimum absolute atomic E-state index is 0.258. The minimum Gasteiger partial charge on any atom is -0.480 e. The number of carboxylic acid groups (broad SMARTS) is 1. The third-order valence-corrected chi connectivity index (χ3v) is 3.75. The second-order valence-corrected chi connectivity index (χ2v) is 5.08. The summed E-state index contributed by atoms with van der Waals surface area (Å²) in [6.45, 7) is 0.771. The van der Waals surface area contributed by atoms with Crippen LogP contribution in [0.5, 0.6) is 0 Å². The van der Waals surface area contributed by atoms with Crippen LogP contribution in [-0.2, 0) is 16.0 Å². The Bertz CT molecular complexity index is 679. The number of ether oxygens (including phenoxy) is 1. The molecule has 1 aromatic carbocycles. The van der Waals surface area contributed by atoms with E-state index in [2.05, 4.69) is 4.98 Å². The fraction of sp³-hybridized carbons (Fsp3) is 0.333. The molecule has 1 saturated heterocycles. The molecule has 2 aromatic rings. The van der Waals surface area contributed by atoms with Gasteiger partial charge in [-0.05, 0) is 18.1 Å². The molecule has 6 nitrogen and oxygen atoms in total. The van der Waals surface area contributed by atoms with E-state index in [0.29, 0.717) is 19.6 Å². The molecule has 1 aliphatic rings. The summed E-state index contributed by atoms with van der Waals surface area (Å²) in [5.74, 6) is -1.01. The van der Waals surface area contributed by atoms with Gasteiger partial charge in [0.15, 0.2) is 0 Å². The Morgan fingerprint density at radius 2 is 2.24 bits per heavy atom. The number of aromatic nitrogens is 1. The highest BCUT2D eigenvalue weighted by atomic mass is 16.6. The number of carbonyl (C=O) groups excluding carboxylic acids is 1. The van der Waals surface area contributed by atoms with E-state index in [1.807, 2.05) is 24.3 Å². The Labute approximate surface area is 121 Å². The van der Waals surface area contributed by atoms with Crippen LogP contribution < -0.4 is 0 Å². The van der Waals surface area contributed by atoms with E-state index in [0.717, 1.165) is 16.5 Å². The quantitative estimate of drug-likeness (QED) is 0.901. The van der Waals surface area contributed by atoms with Gasteiger partial charge in [0.25, 0.3) is 0 Å². The van der Waals surface area contributed by atoms with Gasteiger partial charge in [0.2, 0.25) is 0 Å². The maximum absolute atomic E-state index is 11.8. The molecule has 1 amide bonds. The van der Waals surface area contributed by atoms with Gasteiger partial charge in [0, 0.05) is 30.1 Å². The van der Waals surface area contributed by atoms with Gasteiger partial charge in [-0.3, -0.25) is 4.90 Å². The average Bonchev–Trinajstić information content (AvgIpc) is 2.89. The number of benzene rings is 1. The van der Waals surface area contributed by atoms with Crippen molar-refractivity contribution in [2.75, 3.05) is 13.2 Å².